The topological polar surface area (TPSA) is 59.1 Å². The molecular formula is C21H28N2O4. The summed E-state index contributed by atoms with van der Waals surface area (Å²) in [6, 6.07) is 7.68. The molecule has 0 radical (unpaired) electrons. The number of hydrogen-bond acceptors (Lipinski definition) is 4. The Morgan fingerprint density at radius 2 is 2.00 bits per heavy atom. The molecule has 3 aliphatic rings. The number of carbonyl (C=O) groups excluding carboxylic acids is 2. The third-order valence-electron chi connectivity index (χ3n) is 5.86. The van der Waals surface area contributed by atoms with E-state index in [1.165, 1.54) is 0 Å². The van der Waals surface area contributed by atoms with Gasteiger partial charge in [-0.25, -0.2) is 0 Å². The molecule has 1 aromatic carbocycles. The molecule has 146 valence electrons. The van der Waals surface area contributed by atoms with E-state index in [1.54, 1.807) is 0 Å². The van der Waals surface area contributed by atoms with Crippen LogP contribution in [0.4, 0.5) is 0 Å². The van der Waals surface area contributed by atoms with E-state index in [-0.39, 0.29) is 30.1 Å². The number of carbonyl (C=O) groups is 2. The maximum atomic E-state index is 12.6. The number of benzene rings is 1. The molecule has 0 N–H and O–H groups in total. The highest BCUT2D eigenvalue weighted by atomic mass is 16.5. The van der Waals surface area contributed by atoms with Gasteiger partial charge in [-0.3, -0.25) is 9.59 Å². The van der Waals surface area contributed by atoms with Crippen LogP contribution in [0.15, 0.2) is 24.3 Å². The Bertz CT molecular complexity index is 708. The van der Waals surface area contributed by atoms with Crippen LogP contribution in [0, 0.1) is 6.92 Å². The highest BCUT2D eigenvalue weighted by Crippen LogP contribution is 2.36. The quantitative estimate of drug-likeness (QED) is 0.811. The minimum absolute atomic E-state index is 0.0292. The van der Waals surface area contributed by atoms with Crippen molar-refractivity contribution in [2.24, 2.45) is 0 Å². The van der Waals surface area contributed by atoms with Gasteiger partial charge in [0.05, 0.1) is 19.2 Å². The lowest BCUT2D eigenvalue weighted by molar-refractivity contribution is -0.188. The first-order valence-corrected chi connectivity index (χ1v) is 9.94. The van der Waals surface area contributed by atoms with Crippen LogP contribution in [0.5, 0.6) is 0 Å². The SMILES string of the molecule is Cc1cccc(C(=O)N2CC3(CC(OCC(=O)N4CCCC4)CCO3)C2)c1. The number of hydrogen-bond donors (Lipinski definition) is 0. The lowest BCUT2D eigenvalue weighted by Gasteiger charge is -2.53. The van der Waals surface area contributed by atoms with Crippen molar-refractivity contribution in [3.05, 3.63) is 35.4 Å². The molecule has 1 aromatic rings. The van der Waals surface area contributed by atoms with E-state index in [2.05, 4.69) is 0 Å². The molecule has 0 bridgehead atoms. The summed E-state index contributed by atoms with van der Waals surface area (Å²) >= 11 is 0. The molecular weight excluding hydrogens is 344 g/mol. The average Bonchev–Trinajstić information content (AvgIpc) is 3.18. The lowest BCUT2D eigenvalue weighted by Crippen LogP contribution is -2.67. The van der Waals surface area contributed by atoms with Crippen molar-refractivity contribution in [3.8, 4) is 0 Å². The van der Waals surface area contributed by atoms with Crippen molar-refractivity contribution >= 4 is 11.8 Å². The first kappa shape index (κ1) is 18.4. The second-order valence-corrected chi connectivity index (χ2v) is 8.08. The van der Waals surface area contributed by atoms with E-state index in [1.807, 2.05) is 41.0 Å². The summed E-state index contributed by atoms with van der Waals surface area (Å²) in [6.07, 6.45) is 3.77. The Morgan fingerprint density at radius 3 is 2.74 bits per heavy atom. The van der Waals surface area contributed by atoms with Crippen molar-refractivity contribution in [2.75, 3.05) is 39.4 Å². The van der Waals surface area contributed by atoms with Gasteiger partial charge in [-0.1, -0.05) is 17.7 Å². The molecule has 3 fully saturated rings. The van der Waals surface area contributed by atoms with E-state index < -0.39 is 0 Å². The molecule has 1 atom stereocenters. The van der Waals surface area contributed by atoms with Gasteiger partial charge in [-0.15, -0.1) is 0 Å². The molecule has 27 heavy (non-hydrogen) atoms. The van der Waals surface area contributed by atoms with Crippen molar-refractivity contribution in [2.45, 2.75) is 44.3 Å². The van der Waals surface area contributed by atoms with Crippen LogP contribution < -0.4 is 0 Å². The Kier molecular flexibility index (Phi) is 5.19. The minimum atomic E-state index is -0.306. The third-order valence-corrected chi connectivity index (χ3v) is 5.86. The normalized spacial score (nSPS) is 24.1. The van der Waals surface area contributed by atoms with Crippen molar-refractivity contribution in [1.82, 2.24) is 9.80 Å². The third kappa shape index (κ3) is 4.01. The van der Waals surface area contributed by atoms with Crippen LogP contribution in [0.1, 0.15) is 41.6 Å². The van der Waals surface area contributed by atoms with Gasteiger partial charge in [-0.2, -0.15) is 0 Å². The van der Waals surface area contributed by atoms with Gasteiger partial charge in [0.15, 0.2) is 0 Å². The van der Waals surface area contributed by atoms with E-state index in [0.717, 1.165) is 49.9 Å². The van der Waals surface area contributed by atoms with Gasteiger partial charge < -0.3 is 19.3 Å². The standard InChI is InChI=1S/C21H28N2O4/c1-16-5-4-6-17(11-16)20(25)23-14-21(15-23)12-18(7-10-27-21)26-13-19(24)22-8-2-3-9-22/h4-6,11,18H,2-3,7-10,12-15H2,1H3. The Morgan fingerprint density at radius 1 is 1.22 bits per heavy atom. The molecule has 3 saturated heterocycles. The molecule has 2 amide bonds. The van der Waals surface area contributed by atoms with Crippen LogP contribution in [-0.2, 0) is 14.3 Å². The number of amides is 2. The maximum Gasteiger partial charge on any atom is 0.254 e. The Balaban J connectivity index is 1.27. The van der Waals surface area contributed by atoms with Crippen LogP contribution in [0.2, 0.25) is 0 Å². The summed E-state index contributed by atoms with van der Waals surface area (Å²) in [5, 5.41) is 0. The molecule has 3 aliphatic heterocycles. The van der Waals surface area contributed by atoms with Gasteiger partial charge in [-0.05, 0) is 38.3 Å². The van der Waals surface area contributed by atoms with Gasteiger partial charge in [0.2, 0.25) is 5.91 Å². The molecule has 0 aromatic heterocycles. The van der Waals surface area contributed by atoms with E-state index in [9.17, 15) is 9.59 Å². The van der Waals surface area contributed by atoms with E-state index in [0.29, 0.717) is 19.7 Å². The zero-order valence-corrected chi connectivity index (χ0v) is 16.0. The fourth-order valence-corrected chi connectivity index (χ4v) is 4.35. The fraction of sp³-hybridized carbons (Fsp3) is 0.619. The number of likely N-dealkylation sites (tertiary alicyclic amines) is 2. The molecule has 3 heterocycles. The number of rotatable bonds is 4. The largest absolute Gasteiger partial charge is 0.371 e. The molecule has 6 nitrogen and oxygen atoms in total. The smallest absolute Gasteiger partial charge is 0.254 e. The molecule has 0 aliphatic carbocycles. The second-order valence-electron chi connectivity index (χ2n) is 8.08. The molecule has 4 rings (SSSR count). The first-order valence-electron chi connectivity index (χ1n) is 9.94. The van der Waals surface area contributed by atoms with E-state index in [4.69, 9.17) is 9.47 Å². The predicted molar refractivity (Wildman–Crippen MR) is 101 cm³/mol. The van der Waals surface area contributed by atoms with Gasteiger partial charge in [0.1, 0.15) is 12.2 Å². The van der Waals surface area contributed by atoms with E-state index >= 15 is 0 Å². The molecule has 0 saturated carbocycles. The van der Waals surface area contributed by atoms with Crippen molar-refractivity contribution < 1.29 is 19.1 Å². The summed E-state index contributed by atoms with van der Waals surface area (Å²) in [4.78, 5) is 28.5. The first-order chi connectivity index (χ1) is 13.0. The van der Waals surface area contributed by atoms with Crippen LogP contribution in [-0.4, -0.2) is 72.7 Å². The summed E-state index contributed by atoms with van der Waals surface area (Å²) < 4.78 is 11.9. The van der Waals surface area contributed by atoms with Gasteiger partial charge >= 0.3 is 0 Å². The Labute approximate surface area is 160 Å². The average molecular weight is 372 g/mol. The number of nitrogens with zero attached hydrogens (tertiary/aromatic N) is 2. The van der Waals surface area contributed by atoms with Crippen LogP contribution in [0.3, 0.4) is 0 Å². The maximum absolute atomic E-state index is 12.6. The van der Waals surface area contributed by atoms with Crippen molar-refractivity contribution in [3.63, 3.8) is 0 Å². The van der Waals surface area contributed by atoms with Gasteiger partial charge in [0, 0.05) is 31.7 Å². The summed E-state index contributed by atoms with van der Waals surface area (Å²) in [6.45, 7) is 5.68. The summed E-state index contributed by atoms with van der Waals surface area (Å²) in [7, 11) is 0. The van der Waals surface area contributed by atoms with Crippen LogP contribution in [0.25, 0.3) is 0 Å². The zero-order valence-electron chi connectivity index (χ0n) is 16.0. The molecule has 6 heteroatoms. The monoisotopic (exact) mass is 372 g/mol. The minimum Gasteiger partial charge on any atom is -0.371 e. The summed E-state index contributed by atoms with van der Waals surface area (Å²) in [5.74, 6) is 0.151. The predicted octanol–water partition coefficient (Wildman–Crippen LogP) is 2.01. The number of ether oxygens (including phenoxy) is 2. The summed E-state index contributed by atoms with van der Waals surface area (Å²) in [5.41, 5.74) is 1.50. The Hall–Kier alpha value is -1.92. The molecule has 1 unspecified atom stereocenters. The van der Waals surface area contributed by atoms with Crippen LogP contribution >= 0.6 is 0 Å². The van der Waals surface area contributed by atoms with Gasteiger partial charge in [0.25, 0.3) is 5.91 Å². The second kappa shape index (κ2) is 7.60. The number of aryl methyl sites for hydroxylation is 1. The fourth-order valence-electron chi connectivity index (χ4n) is 4.35. The lowest BCUT2D eigenvalue weighted by atomic mass is 9.84. The highest BCUT2D eigenvalue weighted by molar-refractivity contribution is 5.95. The van der Waals surface area contributed by atoms with Crippen molar-refractivity contribution in [1.29, 1.82) is 0 Å². The zero-order chi connectivity index (χ0) is 18.9. The highest BCUT2D eigenvalue weighted by Gasteiger charge is 2.49. The molecule has 1 spiro atoms.